The van der Waals surface area contributed by atoms with E-state index in [1.807, 2.05) is 50.4 Å². The minimum Gasteiger partial charge on any atom is -0.347 e. The summed E-state index contributed by atoms with van der Waals surface area (Å²) in [5, 5.41) is 8.02. The largest absolute Gasteiger partial charge is 0.347 e. The Labute approximate surface area is 180 Å². The van der Waals surface area contributed by atoms with Gasteiger partial charge >= 0.3 is 0 Å². The lowest BCUT2D eigenvalue weighted by atomic mass is 10.0. The summed E-state index contributed by atoms with van der Waals surface area (Å²) in [7, 11) is 1.84. The Morgan fingerprint density at radius 1 is 1.13 bits per heavy atom. The molecule has 0 aliphatic carbocycles. The molecule has 0 spiro atoms. The van der Waals surface area contributed by atoms with Crippen LogP contribution in [0.2, 0.25) is 5.02 Å². The third-order valence-electron chi connectivity index (χ3n) is 5.49. The van der Waals surface area contributed by atoms with E-state index in [-0.39, 0.29) is 11.8 Å². The van der Waals surface area contributed by atoms with Crippen LogP contribution in [0.3, 0.4) is 0 Å². The second kappa shape index (κ2) is 8.32. The summed E-state index contributed by atoms with van der Waals surface area (Å²) in [4.78, 5) is 27.7. The van der Waals surface area contributed by atoms with Gasteiger partial charge in [-0.25, -0.2) is 0 Å². The number of nitrogens with zero attached hydrogens (tertiary/aromatic N) is 3. The van der Waals surface area contributed by atoms with Crippen molar-refractivity contribution >= 4 is 23.4 Å². The smallest absolute Gasteiger partial charge is 0.272 e. The summed E-state index contributed by atoms with van der Waals surface area (Å²) in [6, 6.07) is 14.9. The van der Waals surface area contributed by atoms with Crippen LogP contribution in [0.5, 0.6) is 0 Å². The predicted molar refractivity (Wildman–Crippen MR) is 115 cm³/mol. The zero-order chi connectivity index (χ0) is 21.3. The Balaban J connectivity index is 1.52. The number of halogens is 1. The van der Waals surface area contributed by atoms with Gasteiger partial charge in [0.1, 0.15) is 0 Å². The van der Waals surface area contributed by atoms with Gasteiger partial charge in [-0.15, -0.1) is 0 Å². The van der Waals surface area contributed by atoms with Gasteiger partial charge in [0.05, 0.1) is 6.54 Å². The van der Waals surface area contributed by atoms with E-state index < -0.39 is 0 Å². The zero-order valence-electron chi connectivity index (χ0n) is 17.0. The fourth-order valence-corrected chi connectivity index (χ4v) is 3.93. The fourth-order valence-electron chi connectivity index (χ4n) is 3.80. The molecular weight excluding hydrogens is 400 g/mol. The first-order valence-electron chi connectivity index (χ1n) is 9.86. The van der Waals surface area contributed by atoms with Crippen molar-refractivity contribution in [1.29, 1.82) is 0 Å². The van der Waals surface area contributed by atoms with Crippen molar-refractivity contribution < 1.29 is 9.59 Å². The van der Waals surface area contributed by atoms with Gasteiger partial charge in [0.15, 0.2) is 5.69 Å². The molecule has 4 rings (SSSR count). The molecule has 1 aliphatic rings. The van der Waals surface area contributed by atoms with E-state index >= 15 is 0 Å². The quantitative estimate of drug-likeness (QED) is 0.699. The summed E-state index contributed by atoms with van der Waals surface area (Å²) in [5.41, 5.74) is 4.79. The molecule has 3 aromatic rings. The maximum atomic E-state index is 13.0. The third-order valence-corrected chi connectivity index (χ3v) is 5.74. The monoisotopic (exact) mass is 422 g/mol. The number of aromatic nitrogens is 2. The highest BCUT2D eigenvalue weighted by atomic mass is 35.5. The molecule has 0 unspecified atom stereocenters. The lowest BCUT2D eigenvalue weighted by molar-refractivity contribution is 0.0729. The van der Waals surface area contributed by atoms with Crippen LogP contribution < -0.4 is 5.32 Å². The average Bonchev–Trinajstić information content (AvgIpc) is 3.09. The molecule has 0 saturated carbocycles. The van der Waals surface area contributed by atoms with Gasteiger partial charge < -0.3 is 10.2 Å². The van der Waals surface area contributed by atoms with Crippen LogP contribution in [0, 0.1) is 6.92 Å². The van der Waals surface area contributed by atoms with Crippen molar-refractivity contribution in [1.82, 2.24) is 20.0 Å². The van der Waals surface area contributed by atoms with Gasteiger partial charge in [-0.3, -0.25) is 14.3 Å². The molecule has 0 fully saturated rings. The first-order valence-corrected chi connectivity index (χ1v) is 10.2. The maximum Gasteiger partial charge on any atom is 0.272 e. The topological polar surface area (TPSA) is 67.2 Å². The maximum absolute atomic E-state index is 13.0. The lowest BCUT2D eigenvalue weighted by Crippen LogP contribution is -2.37. The van der Waals surface area contributed by atoms with E-state index in [1.165, 1.54) is 0 Å². The Hall–Kier alpha value is -3.12. The van der Waals surface area contributed by atoms with Crippen molar-refractivity contribution in [3.05, 3.63) is 87.2 Å². The summed E-state index contributed by atoms with van der Waals surface area (Å²) in [6.45, 7) is 3.29. The first-order chi connectivity index (χ1) is 14.4. The highest BCUT2D eigenvalue weighted by Gasteiger charge is 2.30. The number of hydrogen-bond donors (Lipinski definition) is 1. The van der Waals surface area contributed by atoms with Crippen LogP contribution in [-0.2, 0) is 26.6 Å². The highest BCUT2D eigenvalue weighted by Crippen LogP contribution is 2.24. The molecule has 1 N–H and O–H groups in total. The zero-order valence-corrected chi connectivity index (χ0v) is 17.7. The number of amides is 2. The summed E-state index contributed by atoms with van der Waals surface area (Å²) in [6.07, 6.45) is 0.668. The van der Waals surface area contributed by atoms with E-state index in [2.05, 4.69) is 10.4 Å². The Morgan fingerprint density at radius 3 is 2.60 bits per heavy atom. The number of nitrogens with one attached hydrogen (secondary N) is 1. The fraction of sp³-hybridized carbons (Fsp3) is 0.261. The Kier molecular flexibility index (Phi) is 5.59. The van der Waals surface area contributed by atoms with E-state index in [0.717, 1.165) is 22.4 Å². The molecule has 154 valence electrons. The summed E-state index contributed by atoms with van der Waals surface area (Å²) >= 11 is 5.91. The van der Waals surface area contributed by atoms with Gasteiger partial charge in [0, 0.05) is 48.4 Å². The van der Waals surface area contributed by atoms with Crippen LogP contribution in [0.4, 0.5) is 0 Å². The number of fused-ring (bicyclic) bond motifs is 1. The molecule has 0 radical (unpaired) electrons. The van der Waals surface area contributed by atoms with E-state index in [4.69, 9.17) is 11.6 Å². The van der Waals surface area contributed by atoms with Gasteiger partial charge in [0.2, 0.25) is 0 Å². The van der Waals surface area contributed by atoms with Crippen molar-refractivity contribution in [2.24, 2.45) is 7.05 Å². The number of aryl methyl sites for hydroxylation is 2. The normalized spacial score (nSPS) is 13.1. The minimum atomic E-state index is -0.244. The average molecular weight is 423 g/mol. The molecule has 0 bridgehead atoms. The molecule has 7 heteroatoms. The minimum absolute atomic E-state index is 0.0184. The number of carbonyl (C=O) groups is 2. The van der Waals surface area contributed by atoms with Crippen LogP contribution in [0.1, 0.15) is 43.2 Å². The van der Waals surface area contributed by atoms with Crippen molar-refractivity contribution in [2.45, 2.75) is 26.4 Å². The van der Waals surface area contributed by atoms with Crippen LogP contribution in [-0.4, -0.2) is 33.0 Å². The Bertz CT molecular complexity index is 1100. The second-order valence-corrected chi connectivity index (χ2v) is 7.93. The number of rotatable bonds is 4. The molecule has 30 heavy (non-hydrogen) atoms. The molecule has 0 saturated heterocycles. The first kappa shape index (κ1) is 20.2. The third kappa shape index (κ3) is 3.96. The molecule has 2 amide bonds. The number of carbonyl (C=O) groups excluding carboxylic acids is 2. The lowest BCUT2D eigenvalue weighted by Gasteiger charge is -2.28. The van der Waals surface area contributed by atoms with Gasteiger partial charge in [-0.05, 0) is 36.2 Å². The molecule has 2 heterocycles. The standard InChI is InChI=1S/C23H23ClN4O2/c1-15-5-3-4-6-18(15)23(30)28-12-11-20-19(14-28)21(26-27(20)2)22(29)25-13-16-7-9-17(24)10-8-16/h3-10H,11-14H2,1-2H3,(H,25,29). The van der Waals surface area contributed by atoms with Crippen molar-refractivity contribution in [2.75, 3.05) is 6.54 Å². The van der Waals surface area contributed by atoms with Gasteiger partial charge in [-0.1, -0.05) is 41.9 Å². The summed E-state index contributed by atoms with van der Waals surface area (Å²) < 4.78 is 1.75. The number of hydrogen-bond acceptors (Lipinski definition) is 3. The molecule has 1 aliphatic heterocycles. The van der Waals surface area contributed by atoms with E-state index in [1.54, 1.807) is 21.7 Å². The van der Waals surface area contributed by atoms with Crippen LogP contribution >= 0.6 is 11.6 Å². The Morgan fingerprint density at radius 2 is 1.87 bits per heavy atom. The molecule has 6 nitrogen and oxygen atoms in total. The second-order valence-electron chi connectivity index (χ2n) is 7.50. The van der Waals surface area contributed by atoms with Crippen molar-refractivity contribution in [3.63, 3.8) is 0 Å². The van der Waals surface area contributed by atoms with E-state index in [0.29, 0.717) is 42.3 Å². The molecule has 1 aromatic heterocycles. The van der Waals surface area contributed by atoms with Gasteiger partial charge in [-0.2, -0.15) is 5.10 Å². The van der Waals surface area contributed by atoms with Crippen LogP contribution in [0.25, 0.3) is 0 Å². The molecule has 2 aromatic carbocycles. The highest BCUT2D eigenvalue weighted by molar-refractivity contribution is 6.30. The predicted octanol–water partition coefficient (Wildman–Crippen LogP) is 3.51. The number of benzene rings is 2. The van der Waals surface area contributed by atoms with Crippen LogP contribution in [0.15, 0.2) is 48.5 Å². The molecular formula is C23H23ClN4O2. The van der Waals surface area contributed by atoms with E-state index in [9.17, 15) is 9.59 Å². The molecule has 0 atom stereocenters. The van der Waals surface area contributed by atoms with Crippen molar-refractivity contribution in [3.8, 4) is 0 Å². The van der Waals surface area contributed by atoms with Gasteiger partial charge in [0.25, 0.3) is 11.8 Å². The summed E-state index contributed by atoms with van der Waals surface area (Å²) in [5.74, 6) is -0.262. The SMILES string of the molecule is Cc1ccccc1C(=O)N1CCc2c(c(C(=O)NCc3ccc(Cl)cc3)nn2C)C1.